The Balaban J connectivity index is 2.50. The largest absolute Gasteiger partial charge is 0.363 e. The van der Waals surface area contributed by atoms with Gasteiger partial charge in [0.2, 0.25) is 0 Å². The quantitative estimate of drug-likeness (QED) is 0.616. The molecule has 0 fully saturated rings. The van der Waals surface area contributed by atoms with E-state index in [1.807, 2.05) is 9.97 Å². The summed E-state index contributed by atoms with van der Waals surface area (Å²) < 4.78 is 1.30. The summed E-state index contributed by atoms with van der Waals surface area (Å²) in [6.07, 6.45) is 2.17. The lowest BCUT2D eigenvalue weighted by Gasteiger charge is -2.07. The summed E-state index contributed by atoms with van der Waals surface area (Å²) in [5.41, 5.74) is -2.60. The Hall–Kier alpha value is -2.84. The zero-order valence-corrected chi connectivity index (χ0v) is 9.17. The molecule has 2 aromatic rings. The molecular formula is C9H8N4O5. The first-order valence-corrected chi connectivity index (χ1v) is 4.81. The number of nitrogens with zero attached hydrogens (tertiary/aromatic N) is 2. The van der Waals surface area contributed by atoms with Crippen molar-refractivity contribution >= 4 is 0 Å². The first kappa shape index (κ1) is 11.6. The number of H-pyrrole nitrogens is 2. The molecule has 94 valence electrons. The van der Waals surface area contributed by atoms with E-state index in [0.29, 0.717) is 9.46 Å². The number of hydrogen-bond donors (Lipinski definition) is 2. The highest BCUT2D eigenvalue weighted by atomic mass is 16.8. The molecule has 9 heteroatoms. The van der Waals surface area contributed by atoms with Gasteiger partial charge < -0.3 is 0 Å². The smallest absolute Gasteiger partial charge is 0.274 e. The molecule has 0 aliphatic rings. The maximum absolute atomic E-state index is 11.4. The molecule has 2 aromatic heterocycles. The van der Waals surface area contributed by atoms with E-state index in [4.69, 9.17) is 4.94 Å². The Kier molecular flexibility index (Phi) is 2.72. The van der Waals surface area contributed by atoms with Gasteiger partial charge in [0.05, 0.1) is 12.4 Å². The summed E-state index contributed by atoms with van der Waals surface area (Å²) in [7, 11) is 0. The van der Waals surface area contributed by atoms with E-state index in [1.165, 1.54) is 6.92 Å². The van der Waals surface area contributed by atoms with Crippen LogP contribution in [0.5, 0.6) is 0 Å². The fourth-order valence-corrected chi connectivity index (χ4v) is 1.17. The average Bonchev–Trinajstić information content (AvgIpc) is 2.29. The Morgan fingerprint density at radius 2 is 1.72 bits per heavy atom. The van der Waals surface area contributed by atoms with Crippen LogP contribution in [0.1, 0.15) is 5.56 Å². The molecule has 18 heavy (non-hydrogen) atoms. The van der Waals surface area contributed by atoms with Crippen molar-refractivity contribution in [1.29, 1.82) is 0 Å². The van der Waals surface area contributed by atoms with Gasteiger partial charge in [-0.15, -0.1) is 9.46 Å². The minimum absolute atomic E-state index is 0.229. The second-order valence-electron chi connectivity index (χ2n) is 3.41. The number of aryl methyl sites for hydroxylation is 1. The first-order chi connectivity index (χ1) is 8.47. The van der Waals surface area contributed by atoms with Gasteiger partial charge in [-0.25, -0.2) is 9.59 Å². The lowest BCUT2D eigenvalue weighted by molar-refractivity contribution is 0.0157. The van der Waals surface area contributed by atoms with Crippen LogP contribution in [0.15, 0.2) is 37.6 Å². The van der Waals surface area contributed by atoms with Crippen molar-refractivity contribution in [2.45, 2.75) is 6.92 Å². The predicted molar refractivity (Wildman–Crippen MR) is 59.4 cm³/mol. The van der Waals surface area contributed by atoms with Gasteiger partial charge in [0.25, 0.3) is 11.1 Å². The summed E-state index contributed by atoms with van der Waals surface area (Å²) >= 11 is 0. The number of aromatic nitrogens is 4. The number of rotatable bonds is 2. The minimum Gasteiger partial charge on any atom is -0.274 e. The Labute approximate surface area is 97.8 Å². The zero-order valence-electron chi connectivity index (χ0n) is 9.17. The van der Waals surface area contributed by atoms with Gasteiger partial charge in [0.1, 0.15) is 0 Å². The molecule has 9 nitrogen and oxygen atoms in total. The second kappa shape index (κ2) is 4.20. The fraction of sp³-hybridized carbons (Fsp3) is 0.111. The van der Waals surface area contributed by atoms with E-state index in [1.54, 1.807) is 0 Å². The van der Waals surface area contributed by atoms with Gasteiger partial charge >= 0.3 is 11.4 Å². The molecule has 0 unspecified atom stereocenters. The molecule has 0 atom stereocenters. The van der Waals surface area contributed by atoms with Crippen molar-refractivity contribution in [1.82, 2.24) is 19.4 Å². The van der Waals surface area contributed by atoms with Crippen LogP contribution < -0.4 is 27.4 Å². The van der Waals surface area contributed by atoms with Crippen molar-refractivity contribution in [2.75, 3.05) is 0 Å². The third kappa shape index (κ3) is 2.14. The van der Waals surface area contributed by atoms with Crippen LogP contribution in [-0.4, -0.2) is 19.4 Å². The molecule has 2 rings (SSSR count). The second-order valence-corrected chi connectivity index (χ2v) is 3.41. The van der Waals surface area contributed by atoms with Crippen LogP contribution in [0.3, 0.4) is 0 Å². The number of hydrogen-bond acceptors (Lipinski definition) is 5. The highest BCUT2D eigenvalue weighted by molar-refractivity contribution is 4.99. The lowest BCUT2D eigenvalue weighted by atomic mass is 10.4. The topological polar surface area (TPSA) is 119 Å². The molecule has 0 aliphatic heterocycles. The van der Waals surface area contributed by atoms with Crippen molar-refractivity contribution < 1.29 is 4.94 Å². The molecule has 0 saturated heterocycles. The zero-order chi connectivity index (χ0) is 13.3. The van der Waals surface area contributed by atoms with Gasteiger partial charge in [-0.05, 0) is 6.92 Å². The SMILES string of the molecule is Cc1cn(On2ccc(=O)[nH]c2=O)c(=O)[nH]c1=O. The maximum Gasteiger partial charge on any atom is 0.363 e. The van der Waals surface area contributed by atoms with Crippen molar-refractivity contribution in [2.24, 2.45) is 0 Å². The van der Waals surface area contributed by atoms with Crippen molar-refractivity contribution in [3.63, 3.8) is 0 Å². The van der Waals surface area contributed by atoms with Crippen molar-refractivity contribution in [3.8, 4) is 0 Å². The molecule has 0 radical (unpaired) electrons. The molecule has 2 N–H and O–H groups in total. The van der Waals surface area contributed by atoms with E-state index in [0.717, 1.165) is 18.5 Å². The van der Waals surface area contributed by atoms with E-state index < -0.39 is 22.5 Å². The summed E-state index contributed by atoms with van der Waals surface area (Å²) in [5, 5.41) is 0. The van der Waals surface area contributed by atoms with Crippen LogP contribution in [0.2, 0.25) is 0 Å². The molecule has 0 aromatic carbocycles. The van der Waals surface area contributed by atoms with Gasteiger partial charge in [0.15, 0.2) is 0 Å². The fourth-order valence-electron chi connectivity index (χ4n) is 1.17. The molecule has 0 aliphatic carbocycles. The van der Waals surface area contributed by atoms with Gasteiger partial charge in [-0.2, -0.15) is 0 Å². The predicted octanol–water partition coefficient (Wildman–Crippen LogP) is -2.41. The van der Waals surface area contributed by atoms with Gasteiger partial charge in [-0.3, -0.25) is 24.5 Å². The standard InChI is InChI=1S/C9H8N4O5/c1-5-4-13(9(17)11-7(5)15)18-12-3-2-6(14)10-8(12)16/h2-4H,1H3,(H,10,14,16)(H,11,15,17). The highest BCUT2D eigenvalue weighted by Crippen LogP contribution is 1.81. The normalized spacial score (nSPS) is 10.3. The number of aromatic amines is 2. The van der Waals surface area contributed by atoms with E-state index >= 15 is 0 Å². The third-order valence-electron chi connectivity index (χ3n) is 2.06. The third-order valence-corrected chi connectivity index (χ3v) is 2.06. The van der Waals surface area contributed by atoms with Crippen LogP contribution in [0, 0.1) is 6.92 Å². The maximum atomic E-state index is 11.4. The summed E-state index contributed by atoms with van der Waals surface area (Å²) in [5.74, 6) is 0. The Morgan fingerprint density at radius 1 is 1.06 bits per heavy atom. The van der Waals surface area contributed by atoms with Crippen LogP contribution in [-0.2, 0) is 0 Å². The molecular weight excluding hydrogens is 244 g/mol. The number of nitrogens with one attached hydrogen (secondary N) is 2. The van der Waals surface area contributed by atoms with Crippen molar-refractivity contribution in [3.05, 3.63) is 65.7 Å². The average molecular weight is 252 g/mol. The molecule has 0 bridgehead atoms. The minimum atomic E-state index is -0.849. The molecule has 0 amide bonds. The van der Waals surface area contributed by atoms with Crippen LogP contribution in [0.25, 0.3) is 0 Å². The molecule has 2 heterocycles. The lowest BCUT2D eigenvalue weighted by Crippen LogP contribution is -2.41. The molecule has 0 spiro atoms. The first-order valence-electron chi connectivity index (χ1n) is 4.81. The van der Waals surface area contributed by atoms with E-state index in [9.17, 15) is 19.2 Å². The van der Waals surface area contributed by atoms with E-state index in [2.05, 4.69) is 0 Å². The summed E-state index contributed by atoms with van der Waals surface area (Å²) in [6.45, 7) is 1.47. The Bertz CT molecular complexity index is 809. The Morgan fingerprint density at radius 3 is 2.39 bits per heavy atom. The van der Waals surface area contributed by atoms with Gasteiger partial charge in [-0.1, -0.05) is 0 Å². The molecule has 0 saturated carbocycles. The van der Waals surface area contributed by atoms with Crippen LogP contribution >= 0.6 is 0 Å². The summed E-state index contributed by atoms with van der Waals surface area (Å²) in [4.78, 5) is 53.4. The van der Waals surface area contributed by atoms with E-state index in [-0.39, 0.29) is 5.56 Å². The summed E-state index contributed by atoms with van der Waals surface area (Å²) in [6, 6.07) is 1.05. The van der Waals surface area contributed by atoms with Crippen LogP contribution in [0.4, 0.5) is 0 Å². The monoisotopic (exact) mass is 252 g/mol. The highest BCUT2D eigenvalue weighted by Gasteiger charge is 2.04. The van der Waals surface area contributed by atoms with Gasteiger partial charge in [0, 0.05) is 11.6 Å².